The molecule has 1 aromatic heterocycles. The van der Waals surface area contributed by atoms with Gasteiger partial charge in [0.05, 0.1) is 6.04 Å². The topological polar surface area (TPSA) is 58.2 Å². The van der Waals surface area contributed by atoms with Gasteiger partial charge in [-0.3, -0.25) is 4.21 Å². The molecule has 0 aromatic carbocycles. The van der Waals surface area contributed by atoms with E-state index in [-0.39, 0.29) is 17.3 Å². The minimum absolute atomic E-state index is 0.119. The number of nitrogens with one attached hydrogen (secondary N) is 2. The average Bonchev–Trinajstić information content (AvgIpc) is 2.87. The molecule has 0 unspecified atom stereocenters. The number of aryl methyl sites for hydroxylation is 1. The lowest BCUT2D eigenvalue weighted by molar-refractivity contribution is 0.235. The molecule has 0 saturated heterocycles. The first-order valence-corrected chi connectivity index (χ1v) is 9.51. The summed E-state index contributed by atoms with van der Waals surface area (Å²) in [5.41, 5.74) is 1.28. The number of hydrogen-bond donors (Lipinski definition) is 2. The quantitative estimate of drug-likeness (QED) is 0.877. The van der Waals surface area contributed by atoms with E-state index in [1.54, 1.807) is 17.6 Å². The summed E-state index contributed by atoms with van der Waals surface area (Å²) in [5.74, 6) is 0. The number of thiophene rings is 1. The number of rotatable bonds is 5. The van der Waals surface area contributed by atoms with Gasteiger partial charge in [0, 0.05) is 33.7 Å². The van der Waals surface area contributed by atoms with Crippen molar-refractivity contribution in [1.82, 2.24) is 10.6 Å². The first-order valence-electron chi connectivity index (χ1n) is 7.00. The third-order valence-corrected chi connectivity index (χ3v) is 6.13. The van der Waals surface area contributed by atoms with Crippen molar-refractivity contribution in [3.63, 3.8) is 0 Å². The van der Waals surface area contributed by atoms with Crippen LogP contribution in [-0.4, -0.2) is 28.3 Å². The highest BCUT2D eigenvalue weighted by Crippen LogP contribution is 2.33. The number of fused-ring (bicyclic) bond motifs is 1. The second-order valence-electron chi connectivity index (χ2n) is 5.24. The normalized spacial score (nSPS) is 20.8. The molecule has 2 rings (SSSR count). The van der Waals surface area contributed by atoms with Crippen LogP contribution in [0.3, 0.4) is 0 Å². The highest BCUT2D eigenvalue weighted by molar-refractivity contribution is 7.84. The van der Waals surface area contributed by atoms with Crippen molar-refractivity contribution in [1.29, 1.82) is 0 Å². The van der Waals surface area contributed by atoms with Crippen LogP contribution in [0.15, 0.2) is 11.4 Å². The smallest absolute Gasteiger partial charge is 0.315 e. The lowest BCUT2D eigenvalue weighted by Gasteiger charge is -2.24. The maximum atomic E-state index is 11.9. The van der Waals surface area contributed by atoms with Crippen molar-refractivity contribution in [2.45, 2.75) is 43.9 Å². The van der Waals surface area contributed by atoms with Crippen LogP contribution in [0.5, 0.6) is 0 Å². The number of hydrogen-bond acceptors (Lipinski definition) is 3. The summed E-state index contributed by atoms with van der Waals surface area (Å²) in [6, 6.07) is 2.14. The Hall–Kier alpha value is -0.880. The van der Waals surface area contributed by atoms with E-state index in [1.165, 1.54) is 10.4 Å². The molecule has 0 aliphatic heterocycles. The van der Waals surface area contributed by atoms with Crippen LogP contribution in [0.2, 0.25) is 0 Å². The molecule has 0 spiro atoms. The Morgan fingerprint density at radius 1 is 1.60 bits per heavy atom. The largest absolute Gasteiger partial charge is 0.338 e. The van der Waals surface area contributed by atoms with Gasteiger partial charge in [0.25, 0.3) is 0 Å². The van der Waals surface area contributed by atoms with Crippen LogP contribution < -0.4 is 10.6 Å². The Morgan fingerprint density at radius 2 is 2.40 bits per heavy atom. The third kappa shape index (κ3) is 4.06. The number of urea groups is 1. The fraction of sp³-hybridized carbons (Fsp3) is 0.643. The molecule has 0 fully saturated rings. The molecule has 20 heavy (non-hydrogen) atoms. The van der Waals surface area contributed by atoms with E-state index in [0.717, 1.165) is 25.7 Å². The van der Waals surface area contributed by atoms with Gasteiger partial charge in [-0.05, 0) is 42.7 Å². The predicted molar refractivity (Wildman–Crippen MR) is 84.7 cm³/mol. The summed E-state index contributed by atoms with van der Waals surface area (Å²) in [6.45, 7) is 2.50. The molecular formula is C14H22N2O2S2. The molecule has 1 aliphatic rings. The van der Waals surface area contributed by atoms with E-state index in [0.29, 0.717) is 6.54 Å². The van der Waals surface area contributed by atoms with Crippen molar-refractivity contribution < 1.29 is 9.00 Å². The van der Waals surface area contributed by atoms with Crippen molar-refractivity contribution in [2.24, 2.45) is 0 Å². The van der Waals surface area contributed by atoms with E-state index in [1.807, 2.05) is 6.92 Å². The van der Waals surface area contributed by atoms with E-state index in [9.17, 15) is 9.00 Å². The van der Waals surface area contributed by atoms with Gasteiger partial charge in [0.1, 0.15) is 0 Å². The zero-order valence-corrected chi connectivity index (χ0v) is 13.6. The molecule has 112 valence electrons. The molecule has 6 heteroatoms. The molecule has 3 atom stereocenters. The fourth-order valence-corrected chi connectivity index (χ4v) is 3.84. The lowest BCUT2D eigenvalue weighted by atomic mass is 9.94. The molecule has 0 radical (unpaired) electrons. The molecule has 0 saturated carbocycles. The summed E-state index contributed by atoms with van der Waals surface area (Å²) < 4.78 is 11.2. The van der Waals surface area contributed by atoms with Gasteiger partial charge in [0.2, 0.25) is 0 Å². The zero-order chi connectivity index (χ0) is 14.5. The van der Waals surface area contributed by atoms with Crippen LogP contribution in [0, 0.1) is 0 Å². The Kier molecular flexibility index (Phi) is 5.60. The second kappa shape index (κ2) is 7.22. The molecule has 1 aromatic rings. The summed E-state index contributed by atoms with van der Waals surface area (Å²) in [7, 11) is -0.826. The fourth-order valence-electron chi connectivity index (χ4n) is 2.40. The third-order valence-electron chi connectivity index (χ3n) is 3.76. The van der Waals surface area contributed by atoms with E-state index in [4.69, 9.17) is 0 Å². The van der Waals surface area contributed by atoms with E-state index < -0.39 is 10.8 Å². The molecule has 1 aliphatic carbocycles. The van der Waals surface area contributed by atoms with Crippen molar-refractivity contribution >= 4 is 28.2 Å². The summed E-state index contributed by atoms with van der Waals surface area (Å²) in [4.78, 5) is 13.3. The molecule has 4 nitrogen and oxygen atoms in total. The van der Waals surface area contributed by atoms with Gasteiger partial charge in [0.15, 0.2) is 0 Å². The van der Waals surface area contributed by atoms with Gasteiger partial charge in [-0.2, -0.15) is 0 Å². The molecule has 0 bridgehead atoms. The lowest BCUT2D eigenvalue weighted by Crippen LogP contribution is -2.39. The SMILES string of the molecule is C[C@H](CCNC(=O)N[C@H]1CCCc2sccc21)[S@](C)=O. The standard InChI is InChI=1S/C14H22N2O2S2/c1-10(20(2)18)6-8-15-14(17)16-12-4-3-5-13-11(12)7-9-19-13/h7,9-10,12H,3-6,8H2,1-2H3,(H2,15,16,17)/t10-,12+,20+/m1/s1. The van der Waals surface area contributed by atoms with E-state index >= 15 is 0 Å². The van der Waals surface area contributed by atoms with Gasteiger partial charge in [-0.25, -0.2) is 4.79 Å². The number of carbonyl (C=O) groups is 1. The van der Waals surface area contributed by atoms with Gasteiger partial charge in [-0.1, -0.05) is 6.92 Å². The van der Waals surface area contributed by atoms with Crippen LogP contribution in [0.1, 0.15) is 42.7 Å². The second-order valence-corrected chi connectivity index (χ2v) is 8.04. The predicted octanol–water partition coefficient (Wildman–Crippen LogP) is 2.58. The zero-order valence-electron chi connectivity index (χ0n) is 12.0. The van der Waals surface area contributed by atoms with E-state index in [2.05, 4.69) is 22.1 Å². The van der Waals surface area contributed by atoms with Crippen LogP contribution in [0.25, 0.3) is 0 Å². The number of amides is 2. The van der Waals surface area contributed by atoms with Crippen molar-refractivity contribution in [2.75, 3.05) is 12.8 Å². The average molecular weight is 314 g/mol. The first-order chi connectivity index (χ1) is 9.58. The van der Waals surface area contributed by atoms with Crippen molar-refractivity contribution in [3.8, 4) is 0 Å². The number of carbonyl (C=O) groups excluding carboxylic acids is 1. The molecule has 2 amide bonds. The summed E-state index contributed by atoms with van der Waals surface area (Å²) >= 11 is 1.78. The van der Waals surface area contributed by atoms with Gasteiger partial charge >= 0.3 is 6.03 Å². The maximum Gasteiger partial charge on any atom is 0.315 e. The molecule has 1 heterocycles. The Bertz CT molecular complexity index is 487. The first kappa shape index (κ1) is 15.5. The summed E-state index contributed by atoms with van der Waals surface area (Å²) in [5, 5.41) is 8.12. The molecular weight excluding hydrogens is 292 g/mol. The molecule has 2 N–H and O–H groups in total. The Labute approximate surface area is 126 Å². The Balaban J connectivity index is 1.77. The van der Waals surface area contributed by atoms with Crippen LogP contribution in [0.4, 0.5) is 4.79 Å². The van der Waals surface area contributed by atoms with Gasteiger partial charge in [-0.15, -0.1) is 11.3 Å². The highest BCUT2D eigenvalue weighted by Gasteiger charge is 2.22. The summed E-state index contributed by atoms with van der Waals surface area (Å²) in [6.07, 6.45) is 5.71. The Morgan fingerprint density at radius 3 is 3.15 bits per heavy atom. The van der Waals surface area contributed by atoms with Crippen LogP contribution >= 0.6 is 11.3 Å². The minimum Gasteiger partial charge on any atom is -0.338 e. The monoisotopic (exact) mass is 314 g/mol. The highest BCUT2D eigenvalue weighted by atomic mass is 32.2. The van der Waals surface area contributed by atoms with Gasteiger partial charge < -0.3 is 10.6 Å². The van der Waals surface area contributed by atoms with Crippen LogP contribution in [-0.2, 0) is 17.2 Å². The van der Waals surface area contributed by atoms with Crippen molar-refractivity contribution in [3.05, 3.63) is 21.9 Å². The minimum atomic E-state index is -0.826. The maximum absolute atomic E-state index is 11.9.